The summed E-state index contributed by atoms with van der Waals surface area (Å²) in [4.78, 5) is 22.7. The number of ether oxygens (including phenoxy) is 5. The van der Waals surface area contributed by atoms with Gasteiger partial charge in [-0.25, -0.2) is 0 Å². The highest BCUT2D eigenvalue weighted by molar-refractivity contribution is 5.75. The monoisotopic (exact) mass is 416 g/mol. The highest BCUT2D eigenvalue weighted by Gasteiger charge is 2.34. The molecule has 29 heavy (non-hydrogen) atoms. The Hall–Kier alpha value is -1.64. The summed E-state index contributed by atoms with van der Waals surface area (Å²) >= 11 is 0. The number of carbonyl (C=O) groups excluding carboxylic acids is 1. The summed E-state index contributed by atoms with van der Waals surface area (Å²) < 4.78 is 27.6. The summed E-state index contributed by atoms with van der Waals surface area (Å²) in [6.07, 6.45) is 2.43. The molecule has 0 amide bonds. The van der Waals surface area contributed by atoms with Crippen LogP contribution in [0.4, 0.5) is 0 Å². The van der Waals surface area contributed by atoms with Crippen molar-refractivity contribution >= 4 is 11.9 Å². The molecule has 8 nitrogen and oxygen atoms in total. The molecule has 3 atom stereocenters. The van der Waals surface area contributed by atoms with Gasteiger partial charge in [0, 0.05) is 0 Å². The molecule has 8 heteroatoms. The van der Waals surface area contributed by atoms with Gasteiger partial charge in [0.1, 0.15) is 6.79 Å². The van der Waals surface area contributed by atoms with Crippen LogP contribution in [0.3, 0.4) is 0 Å². The zero-order valence-electron chi connectivity index (χ0n) is 18.1. The number of rotatable bonds is 14. The summed E-state index contributed by atoms with van der Waals surface area (Å²) in [6, 6.07) is 0. The average molecular weight is 417 g/mol. The van der Waals surface area contributed by atoms with Gasteiger partial charge in [0.15, 0.2) is 6.79 Å². The predicted molar refractivity (Wildman–Crippen MR) is 106 cm³/mol. The quantitative estimate of drug-likeness (QED) is 0.199. The van der Waals surface area contributed by atoms with Gasteiger partial charge in [0.25, 0.3) is 0 Å². The van der Waals surface area contributed by atoms with E-state index in [9.17, 15) is 9.59 Å². The number of carboxylic acids is 1. The lowest BCUT2D eigenvalue weighted by molar-refractivity contribution is -0.182. The predicted octanol–water partition coefficient (Wildman–Crippen LogP) is 3.49. The Morgan fingerprint density at radius 3 is 2.41 bits per heavy atom. The molecule has 1 N–H and O–H groups in total. The lowest BCUT2D eigenvalue weighted by Gasteiger charge is -2.35. The smallest absolute Gasteiger partial charge is 0.311 e. The molecule has 0 heterocycles. The van der Waals surface area contributed by atoms with E-state index in [1.54, 1.807) is 6.92 Å². The van der Waals surface area contributed by atoms with Gasteiger partial charge in [-0.2, -0.15) is 0 Å². The summed E-state index contributed by atoms with van der Waals surface area (Å²) in [5, 5.41) is 8.63. The van der Waals surface area contributed by atoms with Crippen LogP contribution in [0.15, 0.2) is 12.3 Å². The first-order chi connectivity index (χ1) is 13.7. The van der Waals surface area contributed by atoms with E-state index in [-0.39, 0.29) is 50.7 Å². The standard InChI is InChI=1S/C21H36O8/c1-6-21(4,5)20(24)26-12-16-7-8-17(28-13-25-10-9-19(22)23)18(11-16)29-14-27-15(2)3/h16-18H,2,6-14H2,1,3-5H3,(H,22,23). The van der Waals surface area contributed by atoms with E-state index < -0.39 is 11.4 Å². The van der Waals surface area contributed by atoms with Crippen LogP contribution in [0.5, 0.6) is 0 Å². The first-order valence-electron chi connectivity index (χ1n) is 10.1. The molecule has 1 saturated carbocycles. The SMILES string of the molecule is C=C(C)OCOC1CC(COC(=O)C(C)(C)CC)CCC1OCOCCC(=O)O. The van der Waals surface area contributed by atoms with Crippen molar-refractivity contribution in [3.8, 4) is 0 Å². The van der Waals surface area contributed by atoms with Gasteiger partial charge < -0.3 is 28.8 Å². The fourth-order valence-corrected chi connectivity index (χ4v) is 2.81. The maximum Gasteiger partial charge on any atom is 0.311 e. The van der Waals surface area contributed by atoms with Gasteiger partial charge in [0.2, 0.25) is 0 Å². The number of carbonyl (C=O) groups is 2. The van der Waals surface area contributed by atoms with E-state index >= 15 is 0 Å². The Bertz CT molecular complexity index is 531. The second-order valence-electron chi connectivity index (χ2n) is 8.06. The third kappa shape index (κ3) is 10.1. The summed E-state index contributed by atoms with van der Waals surface area (Å²) in [7, 11) is 0. The second kappa shape index (κ2) is 12.8. The summed E-state index contributed by atoms with van der Waals surface area (Å²) in [6.45, 7) is 11.7. The van der Waals surface area contributed by atoms with Crippen molar-refractivity contribution in [2.75, 3.05) is 26.8 Å². The molecule has 0 radical (unpaired) electrons. The minimum absolute atomic E-state index is 0.00346. The number of aliphatic carboxylic acids is 1. The van der Waals surface area contributed by atoms with E-state index in [0.717, 1.165) is 19.3 Å². The zero-order chi connectivity index (χ0) is 21.9. The highest BCUT2D eigenvalue weighted by Crippen LogP contribution is 2.30. The van der Waals surface area contributed by atoms with Gasteiger partial charge in [0.05, 0.1) is 43.0 Å². The molecule has 1 aliphatic carbocycles. The minimum Gasteiger partial charge on any atom is -0.481 e. The van der Waals surface area contributed by atoms with Crippen LogP contribution < -0.4 is 0 Å². The Labute approximate surface area is 173 Å². The van der Waals surface area contributed by atoms with Crippen molar-refractivity contribution in [3.05, 3.63) is 12.3 Å². The van der Waals surface area contributed by atoms with Crippen molar-refractivity contribution in [3.63, 3.8) is 0 Å². The summed E-state index contributed by atoms with van der Waals surface area (Å²) in [5.74, 6) is -0.366. The van der Waals surface area contributed by atoms with Gasteiger partial charge in [-0.15, -0.1) is 0 Å². The highest BCUT2D eigenvalue weighted by atomic mass is 16.7. The van der Waals surface area contributed by atoms with Crippen molar-refractivity contribution < 1.29 is 38.4 Å². The van der Waals surface area contributed by atoms with E-state index in [4.69, 9.17) is 28.8 Å². The maximum atomic E-state index is 12.2. The Morgan fingerprint density at radius 1 is 1.10 bits per heavy atom. The van der Waals surface area contributed by atoms with Gasteiger partial charge in [-0.05, 0) is 52.4 Å². The fourth-order valence-electron chi connectivity index (χ4n) is 2.81. The van der Waals surface area contributed by atoms with Crippen LogP contribution in [0, 0.1) is 11.3 Å². The van der Waals surface area contributed by atoms with E-state index in [2.05, 4.69) is 6.58 Å². The van der Waals surface area contributed by atoms with E-state index in [0.29, 0.717) is 18.8 Å². The molecule has 0 aromatic carbocycles. The van der Waals surface area contributed by atoms with Crippen LogP contribution in [0.1, 0.15) is 59.8 Å². The molecule has 0 aromatic heterocycles. The lowest BCUT2D eigenvalue weighted by atomic mass is 9.85. The molecule has 1 aliphatic rings. The molecule has 0 aromatic rings. The zero-order valence-corrected chi connectivity index (χ0v) is 18.1. The van der Waals surface area contributed by atoms with Crippen LogP contribution in [-0.4, -0.2) is 56.1 Å². The molecular weight excluding hydrogens is 380 g/mol. The second-order valence-corrected chi connectivity index (χ2v) is 8.06. The summed E-state index contributed by atoms with van der Waals surface area (Å²) in [5.41, 5.74) is -0.487. The number of esters is 1. The third-order valence-electron chi connectivity index (χ3n) is 5.14. The van der Waals surface area contributed by atoms with E-state index in [1.807, 2.05) is 20.8 Å². The normalized spacial score (nSPS) is 22.1. The molecule has 1 fully saturated rings. The van der Waals surface area contributed by atoms with E-state index in [1.165, 1.54) is 0 Å². The minimum atomic E-state index is -0.913. The van der Waals surface area contributed by atoms with Crippen LogP contribution in [0.25, 0.3) is 0 Å². The molecule has 0 spiro atoms. The number of allylic oxidation sites excluding steroid dienone is 1. The maximum absolute atomic E-state index is 12.2. The Balaban J connectivity index is 2.51. The molecule has 0 bridgehead atoms. The largest absolute Gasteiger partial charge is 0.481 e. The Kier molecular flexibility index (Phi) is 11.2. The van der Waals surface area contributed by atoms with Crippen LogP contribution in [-0.2, 0) is 33.3 Å². The first-order valence-corrected chi connectivity index (χ1v) is 10.1. The molecular formula is C21H36O8. The van der Waals surface area contributed by atoms with Crippen molar-refractivity contribution in [1.29, 1.82) is 0 Å². The molecule has 0 saturated heterocycles. The lowest BCUT2D eigenvalue weighted by Crippen LogP contribution is -2.40. The number of hydrogen-bond acceptors (Lipinski definition) is 7. The fraction of sp³-hybridized carbons (Fsp3) is 0.810. The van der Waals surface area contributed by atoms with Gasteiger partial charge in [-0.1, -0.05) is 13.5 Å². The van der Waals surface area contributed by atoms with Gasteiger partial charge in [-0.3, -0.25) is 9.59 Å². The first kappa shape index (κ1) is 25.4. The topological polar surface area (TPSA) is 101 Å². The van der Waals surface area contributed by atoms with Crippen LogP contribution >= 0.6 is 0 Å². The molecule has 1 rings (SSSR count). The van der Waals surface area contributed by atoms with Crippen LogP contribution in [0.2, 0.25) is 0 Å². The number of hydrogen-bond donors (Lipinski definition) is 1. The van der Waals surface area contributed by atoms with Crippen molar-refractivity contribution in [2.24, 2.45) is 11.3 Å². The number of carboxylic acid groups (broad SMARTS) is 1. The third-order valence-corrected chi connectivity index (χ3v) is 5.14. The molecule has 3 unspecified atom stereocenters. The molecule has 168 valence electrons. The van der Waals surface area contributed by atoms with Gasteiger partial charge >= 0.3 is 11.9 Å². The average Bonchev–Trinajstić information content (AvgIpc) is 2.66. The Morgan fingerprint density at radius 2 is 1.79 bits per heavy atom. The molecule has 0 aliphatic heterocycles. The van der Waals surface area contributed by atoms with Crippen molar-refractivity contribution in [2.45, 2.75) is 72.0 Å². The van der Waals surface area contributed by atoms with Crippen molar-refractivity contribution in [1.82, 2.24) is 0 Å².